The Kier molecular flexibility index (Phi) is 8.57. The molecule has 1 unspecified atom stereocenters. The first-order valence-electron chi connectivity index (χ1n) is 10.1. The monoisotopic (exact) mass is 446 g/mol. The molecule has 0 radical (unpaired) electrons. The number of likely N-dealkylation sites (tertiary alicyclic amines) is 1. The van der Waals surface area contributed by atoms with E-state index in [0.29, 0.717) is 11.6 Å². The summed E-state index contributed by atoms with van der Waals surface area (Å²) < 4.78 is 35.7. The summed E-state index contributed by atoms with van der Waals surface area (Å²) in [7, 11) is 0. The van der Waals surface area contributed by atoms with Crippen molar-refractivity contribution in [3.8, 4) is 0 Å². The van der Waals surface area contributed by atoms with Crippen molar-refractivity contribution in [2.24, 2.45) is 5.92 Å². The lowest BCUT2D eigenvalue weighted by Crippen LogP contribution is -2.37. The second-order valence-electron chi connectivity index (χ2n) is 7.60. The molecule has 1 atom stereocenters. The summed E-state index contributed by atoms with van der Waals surface area (Å²) in [5.74, 6) is -2.18. The van der Waals surface area contributed by atoms with Crippen LogP contribution in [0, 0.1) is 19.8 Å². The molecule has 0 aliphatic carbocycles. The van der Waals surface area contributed by atoms with Crippen molar-refractivity contribution in [1.29, 1.82) is 0 Å². The molecule has 3 heterocycles. The van der Waals surface area contributed by atoms with E-state index in [9.17, 15) is 13.2 Å². The maximum absolute atomic E-state index is 10.6. The van der Waals surface area contributed by atoms with Crippen LogP contribution >= 0.6 is 0 Å². The van der Waals surface area contributed by atoms with Gasteiger partial charge < -0.3 is 10.2 Å². The zero-order valence-corrected chi connectivity index (χ0v) is 17.9. The van der Waals surface area contributed by atoms with Gasteiger partial charge in [-0.25, -0.2) is 4.79 Å². The number of alkyl halides is 3. The number of carboxylic acids is 1. The molecule has 9 nitrogen and oxygen atoms in total. The topological polar surface area (TPSA) is 109 Å². The van der Waals surface area contributed by atoms with Gasteiger partial charge >= 0.3 is 12.1 Å². The van der Waals surface area contributed by atoms with Gasteiger partial charge in [-0.2, -0.15) is 18.3 Å². The number of aliphatic hydroxyl groups excluding tert-OH is 1. The highest BCUT2D eigenvalue weighted by Crippen LogP contribution is 2.22. The molecule has 2 aromatic rings. The normalized spacial score (nSPS) is 17.3. The lowest BCUT2D eigenvalue weighted by atomic mass is 9.97. The zero-order valence-electron chi connectivity index (χ0n) is 17.9. The Bertz CT molecular complexity index is 865. The summed E-state index contributed by atoms with van der Waals surface area (Å²) in [6.07, 6.45) is -0.804. The fourth-order valence-electron chi connectivity index (χ4n) is 3.70. The average molecular weight is 446 g/mol. The molecule has 174 valence electrons. The number of rotatable bonds is 6. The van der Waals surface area contributed by atoms with Crippen molar-refractivity contribution < 1.29 is 28.2 Å². The van der Waals surface area contributed by atoms with E-state index in [1.54, 1.807) is 0 Å². The second-order valence-corrected chi connectivity index (χ2v) is 7.60. The molecule has 0 amide bonds. The molecular weight excluding hydrogens is 417 g/mol. The van der Waals surface area contributed by atoms with Crippen LogP contribution in [0.2, 0.25) is 0 Å². The van der Waals surface area contributed by atoms with Gasteiger partial charge in [0, 0.05) is 37.4 Å². The Morgan fingerprint density at radius 3 is 2.52 bits per heavy atom. The minimum absolute atomic E-state index is 0.0449. The summed E-state index contributed by atoms with van der Waals surface area (Å²) in [5.41, 5.74) is 4.46. The first-order valence-corrected chi connectivity index (χ1v) is 10.1. The standard InChI is InChI=1S/C17H28N6O.C2HF3O2/c1-4-23-14(3)17(13(2)19-23)11-21-7-5-6-15(8-21)9-22-10-16(12-24)18-20-22;3-2(4,5)1(6)7/h10,15,24H,4-9,11-12H2,1-3H3;(H,6,7). The molecular formula is C19H29F3N6O3. The van der Waals surface area contributed by atoms with Crippen LogP contribution in [0.3, 0.4) is 0 Å². The van der Waals surface area contributed by atoms with Gasteiger partial charge in [-0.05, 0) is 46.1 Å². The fourth-order valence-corrected chi connectivity index (χ4v) is 3.70. The minimum atomic E-state index is -5.08. The minimum Gasteiger partial charge on any atom is -0.475 e. The second kappa shape index (κ2) is 10.7. The highest BCUT2D eigenvalue weighted by atomic mass is 19.4. The van der Waals surface area contributed by atoms with Crippen LogP contribution in [0.4, 0.5) is 13.2 Å². The van der Waals surface area contributed by atoms with E-state index in [1.165, 1.54) is 24.1 Å². The number of aryl methyl sites for hydroxylation is 2. The summed E-state index contributed by atoms with van der Waals surface area (Å²) in [6, 6.07) is 0. The third kappa shape index (κ3) is 7.03. The number of hydrogen-bond acceptors (Lipinski definition) is 6. The third-order valence-electron chi connectivity index (χ3n) is 5.25. The van der Waals surface area contributed by atoms with E-state index >= 15 is 0 Å². The van der Waals surface area contributed by atoms with Crippen LogP contribution in [-0.2, 0) is 31.0 Å². The van der Waals surface area contributed by atoms with E-state index in [4.69, 9.17) is 15.0 Å². The van der Waals surface area contributed by atoms with Gasteiger partial charge in [-0.3, -0.25) is 14.3 Å². The van der Waals surface area contributed by atoms with Gasteiger partial charge in [0.1, 0.15) is 5.69 Å². The van der Waals surface area contributed by atoms with Crippen molar-refractivity contribution >= 4 is 5.97 Å². The van der Waals surface area contributed by atoms with E-state index in [1.807, 2.05) is 10.9 Å². The van der Waals surface area contributed by atoms with Crippen molar-refractivity contribution in [2.45, 2.75) is 66.0 Å². The first-order chi connectivity index (χ1) is 14.5. The number of piperidine rings is 1. The molecule has 12 heteroatoms. The highest BCUT2D eigenvalue weighted by molar-refractivity contribution is 5.73. The fraction of sp³-hybridized carbons (Fsp3) is 0.684. The molecule has 3 rings (SSSR count). The van der Waals surface area contributed by atoms with Gasteiger partial charge in [-0.15, -0.1) is 5.10 Å². The number of nitrogens with zero attached hydrogens (tertiary/aromatic N) is 6. The highest BCUT2D eigenvalue weighted by Gasteiger charge is 2.38. The van der Waals surface area contributed by atoms with Crippen LogP contribution in [0.15, 0.2) is 6.20 Å². The Morgan fingerprint density at radius 2 is 2.00 bits per heavy atom. The third-order valence-corrected chi connectivity index (χ3v) is 5.25. The SMILES string of the molecule is CCn1nc(C)c(CN2CCCC(Cn3cc(CO)nn3)C2)c1C.O=C(O)C(F)(F)F. The van der Waals surface area contributed by atoms with Gasteiger partial charge in [0.15, 0.2) is 0 Å². The van der Waals surface area contributed by atoms with E-state index in [0.717, 1.165) is 38.4 Å². The molecule has 2 aromatic heterocycles. The Hall–Kier alpha value is -2.47. The summed E-state index contributed by atoms with van der Waals surface area (Å²) in [4.78, 5) is 11.4. The molecule has 2 N–H and O–H groups in total. The number of carbonyl (C=O) groups is 1. The Labute approximate surface area is 178 Å². The van der Waals surface area contributed by atoms with Crippen molar-refractivity contribution in [1.82, 2.24) is 29.7 Å². The molecule has 1 saturated heterocycles. The van der Waals surface area contributed by atoms with E-state index < -0.39 is 12.1 Å². The van der Waals surface area contributed by atoms with Crippen molar-refractivity contribution in [3.05, 3.63) is 28.8 Å². The smallest absolute Gasteiger partial charge is 0.475 e. The molecule has 0 spiro atoms. The van der Waals surface area contributed by atoms with Crippen molar-refractivity contribution in [2.75, 3.05) is 13.1 Å². The van der Waals surface area contributed by atoms with Crippen molar-refractivity contribution in [3.63, 3.8) is 0 Å². The largest absolute Gasteiger partial charge is 0.490 e. The molecule has 31 heavy (non-hydrogen) atoms. The van der Waals surface area contributed by atoms with E-state index in [2.05, 4.69) is 45.8 Å². The van der Waals surface area contributed by atoms with Gasteiger partial charge in [-0.1, -0.05) is 5.21 Å². The predicted molar refractivity (Wildman–Crippen MR) is 105 cm³/mol. The lowest BCUT2D eigenvalue weighted by molar-refractivity contribution is -0.192. The van der Waals surface area contributed by atoms with Gasteiger partial charge in [0.25, 0.3) is 0 Å². The predicted octanol–water partition coefficient (Wildman–Crippen LogP) is 2.15. The Balaban J connectivity index is 0.000000423. The summed E-state index contributed by atoms with van der Waals surface area (Å²) in [6.45, 7) is 11.4. The Morgan fingerprint density at radius 1 is 1.32 bits per heavy atom. The lowest BCUT2D eigenvalue weighted by Gasteiger charge is -2.32. The number of hydrogen-bond donors (Lipinski definition) is 2. The molecule has 1 fully saturated rings. The van der Waals surface area contributed by atoms with Crippen LogP contribution in [0.25, 0.3) is 0 Å². The maximum atomic E-state index is 10.6. The van der Waals surface area contributed by atoms with Crippen LogP contribution in [0.1, 0.15) is 42.4 Å². The molecule has 0 bridgehead atoms. The van der Waals surface area contributed by atoms with Crippen LogP contribution < -0.4 is 0 Å². The molecule has 0 saturated carbocycles. The maximum Gasteiger partial charge on any atom is 0.490 e. The average Bonchev–Trinajstić information content (AvgIpc) is 3.27. The molecule has 0 aromatic carbocycles. The summed E-state index contributed by atoms with van der Waals surface area (Å²) in [5, 5.41) is 28.9. The number of aliphatic carboxylic acids is 1. The zero-order chi connectivity index (χ0) is 23.2. The number of carboxylic acid groups (broad SMARTS) is 1. The number of aromatic nitrogens is 5. The number of halogens is 3. The number of aliphatic hydroxyl groups is 1. The van der Waals surface area contributed by atoms with Crippen LogP contribution in [0.5, 0.6) is 0 Å². The quantitative estimate of drug-likeness (QED) is 0.700. The van der Waals surface area contributed by atoms with Gasteiger partial charge in [0.05, 0.1) is 18.5 Å². The first kappa shape index (κ1) is 24.8. The van der Waals surface area contributed by atoms with Crippen LogP contribution in [-0.4, -0.2) is 65.1 Å². The van der Waals surface area contributed by atoms with Gasteiger partial charge in [0.2, 0.25) is 0 Å². The summed E-state index contributed by atoms with van der Waals surface area (Å²) >= 11 is 0. The molecule has 1 aliphatic rings. The molecule has 1 aliphatic heterocycles. The van der Waals surface area contributed by atoms with E-state index in [-0.39, 0.29) is 6.61 Å².